The molecular formula is C23H23ClFN3O4. The van der Waals surface area contributed by atoms with Crippen molar-refractivity contribution in [1.29, 1.82) is 0 Å². The Morgan fingerprint density at radius 1 is 1.34 bits per heavy atom. The number of hydrogen-bond acceptors (Lipinski definition) is 6. The Balaban J connectivity index is 1.89. The van der Waals surface area contributed by atoms with Gasteiger partial charge in [0, 0.05) is 35.9 Å². The van der Waals surface area contributed by atoms with Crippen LogP contribution < -0.4 is 5.56 Å². The summed E-state index contributed by atoms with van der Waals surface area (Å²) < 4.78 is 27.0. The van der Waals surface area contributed by atoms with E-state index in [1.165, 1.54) is 16.7 Å². The molecule has 1 fully saturated rings. The van der Waals surface area contributed by atoms with Crippen molar-refractivity contribution < 1.29 is 18.7 Å². The summed E-state index contributed by atoms with van der Waals surface area (Å²) in [5.74, 6) is -0.603. The third kappa shape index (κ3) is 4.12. The van der Waals surface area contributed by atoms with E-state index in [-0.39, 0.29) is 39.8 Å². The number of hydrogen-bond donors (Lipinski definition) is 0. The molecule has 0 unspecified atom stereocenters. The number of carbonyl (C=O) groups excluding carboxylic acids is 1. The Morgan fingerprint density at radius 2 is 2.12 bits per heavy atom. The molecule has 0 aliphatic carbocycles. The van der Waals surface area contributed by atoms with Crippen molar-refractivity contribution in [2.75, 3.05) is 13.2 Å². The minimum atomic E-state index is -0.694. The van der Waals surface area contributed by atoms with Crippen LogP contribution in [0.1, 0.15) is 37.2 Å². The van der Waals surface area contributed by atoms with Crippen molar-refractivity contribution in [2.24, 2.45) is 7.05 Å². The van der Waals surface area contributed by atoms with Crippen LogP contribution in [0.4, 0.5) is 4.39 Å². The molecular weight excluding hydrogens is 437 g/mol. The molecule has 0 bridgehead atoms. The van der Waals surface area contributed by atoms with Gasteiger partial charge in [-0.25, -0.2) is 14.2 Å². The molecule has 9 heteroatoms. The highest BCUT2D eigenvalue weighted by molar-refractivity contribution is 6.30. The molecule has 0 saturated carbocycles. The number of aryl methyl sites for hydroxylation is 1. The molecule has 3 heterocycles. The van der Waals surface area contributed by atoms with Gasteiger partial charge < -0.3 is 9.47 Å². The molecule has 0 spiro atoms. The zero-order valence-electron chi connectivity index (χ0n) is 18.0. The number of pyridine rings is 1. The van der Waals surface area contributed by atoms with Gasteiger partial charge >= 0.3 is 5.97 Å². The van der Waals surface area contributed by atoms with E-state index in [2.05, 4.69) is 4.98 Å². The van der Waals surface area contributed by atoms with Gasteiger partial charge in [0.1, 0.15) is 11.6 Å². The fraction of sp³-hybridized carbons (Fsp3) is 0.391. The molecule has 0 N–H and O–H groups in total. The maximum absolute atomic E-state index is 14.9. The highest BCUT2D eigenvalue weighted by atomic mass is 35.5. The van der Waals surface area contributed by atoms with Crippen LogP contribution in [0.3, 0.4) is 0 Å². The lowest BCUT2D eigenvalue weighted by Crippen LogP contribution is -2.33. The number of halogens is 2. The number of ether oxygens (including phenoxy) is 2. The predicted octanol–water partition coefficient (Wildman–Crippen LogP) is 3.92. The van der Waals surface area contributed by atoms with E-state index >= 15 is 0 Å². The van der Waals surface area contributed by atoms with E-state index in [9.17, 15) is 14.0 Å². The minimum Gasteiger partial charge on any atom is -0.464 e. The monoisotopic (exact) mass is 459 g/mol. The quantitative estimate of drug-likeness (QED) is 0.550. The van der Waals surface area contributed by atoms with Gasteiger partial charge in [-0.3, -0.25) is 14.3 Å². The number of esters is 1. The number of carbonyl (C=O) groups is 1. The standard InChI is InChI=1S/C23H23ClFN3O4/c1-4-31-23(30)19-9-13(7-8-32-19)17-11-18-20(22(29)28(3)12(2)26-18)21(27-17)15-6-5-14(24)10-16(15)25/h5-6,10-11,13,19H,4,7-9H2,1-3H3/t13-,19-/m0/s1. The molecule has 1 saturated heterocycles. The summed E-state index contributed by atoms with van der Waals surface area (Å²) in [6.07, 6.45) is 0.310. The van der Waals surface area contributed by atoms with E-state index < -0.39 is 17.9 Å². The van der Waals surface area contributed by atoms with Crippen molar-refractivity contribution in [3.8, 4) is 11.3 Å². The molecule has 2 aromatic heterocycles. The first-order valence-corrected chi connectivity index (χ1v) is 10.8. The van der Waals surface area contributed by atoms with Crippen LogP contribution in [0, 0.1) is 12.7 Å². The molecule has 1 aromatic carbocycles. The van der Waals surface area contributed by atoms with Crippen molar-refractivity contribution in [2.45, 2.75) is 38.7 Å². The Hall–Kier alpha value is -2.84. The molecule has 7 nitrogen and oxygen atoms in total. The smallest absolute Gasteiger partial charge is 0.335 e. The molecule has 1 aliphatic rings. The summed E-state index contributed by atoms with van der Waals surface area (Å²) in [5.41, 5.74) is 1.11. The Labute approximate surface area is 189 Å². The summed E-state index contributed by atoms with van der Waals surface area (Å²) in [6, 6.07) is 6.00. The van der Waals surface area contributed by atoms with Crippen LogP contribution in [0.15, 0.2) is 29.1 Å². The van der Waals surface area contributed by atoms with E-state index in [0.717, 1.165) is 0 Å². The van der Waals surface area contributed by atoms with Gasteiger partial charge in [-0.15, -0.1) is 0 Å². The van der Waals surface area contributed by atoms with Gasteiger partial charge in [-0.2, -0.15) is 0 Å². The Kier molecular flexibility index (Phi) is 6.26. The predicted molar refractivity (Wildman–Crippen MR) is 118 cm³/mol. The first-order chi connectivity index (χ1) is 15.3. The average Bonchev–Trinajstić information content (AvgIpc) is 2.77. The maximum atomic E-state index is 14.9. The van der Waals surface area contributed by atoms with Crippen LogP contribution in [-0.2, 0) is 21.3 Å². The Bertz CT molecular complexity index is 1260. The first-order valence-electron chi connectivity index (χ1n) is 10.4. The third-order valence-electron chi connectivity index (χ3n) is 5.74. The van der Waals surface area contributed by atoms with Crippen molar-refractivity contribution in [3.05, 3.63) is 57.0 Å². The fourth-order valence-electron chi connectivity index (χ4n) is 3.96. The van der Waals surface area contributed by atoms with Crippen molar-refractivity contribution >= 4 is 28.5 Å². The second-order valence-corrected chi connectivity index (χ2v) is 8.21. The van der Waals surface area contributed by atoms with Crippen LogP contribution >= 0.6 is 11.6 Å². The number of aromatic nitrogens is 3. The molecule has 0 amide bonds. The largest absolute Gasteiger partial charge is 0.464 e. The second kappa shape index (κ2) is 8.96. The lowest BCUT2D eigenvalue weighted by molar-refractivity contribution is -0.160. The Morgan fingerprint density at radius 3 is 2.84 bits per heavy atom. The van der Waals surface area contributed by atoms with E-state index in [0.29, 0.717) is 36.5 Å². The molecule has 4 rings (SSSR count). The average molecular weight is 460 g/mol. The van der Waals surface area contributed by atoms with Gasteiger partial charge in [0.15, 0.2) is 6.10 Å². The van der Waals surface area contributed by atoms with E-state index in [1.54, 1.807) is 33.0 Å². The summed E-state index contributed by atoms with van der Waals surface area (Å²) in [4.78, 5) is 34.5. The normalized spacial score (nSPS) is 18.7. The third-order valence-corrected chi connectivity index (χ3v) is 5.98. The van der Waals surface area contributed by atoms with Gasteiger partial charge in [-0.1, -0.05) is 11.6 Å². The summed E-state index contributed by atoms with van der Waals surface area (Å²) >= 11 is 5.93. The second-order valence-electron chi connectivity index (χ2n) is 7.77. The topological polar surface area (TPSA) is 83.3 Å². The molecule has 32 heavy (non-hydrogen) atoms. The molecule has 0 radical (unpaired) electrons. The van der Waals surface area contributed by atoms with Gasteiger partial charge in [0.25, 0.3) is 5.56 Å². The fourth-order valence-corrected chi connectivity index (χ4v) is 4.12. The summed E-state index contributed by atoms with van der Waals surface area (Å²) in [5, 5.41) is 0.479. The highest BCUT2D eigenvalue weighted by Crippen LogP contribution is 2.34. The van der Waals surface area contributed by atoms with Gasteiger partial charge in [0.05, 0.1) is 23.2 Å². The van der Waals surface area contributed by atoms with E-state index in [1.807, 2.05) is 0 Å². The first kappa shape index (κ1) is 22.4. The molecule has 1 aliphatic heterocycles. The zero-order valence-corrected chi connectivity index (χ0v) is 18.8. The molecule has 3 aromatic rings. The van der Waals surface area contributed by atoms with Gasteiger partial charge in [-0.05, 0) is 51.0 Å². The molecule has 2 atom stereocenters. The number of fused-ring (bicyclic) bond motifs is 1. The SMILES string of the molecule is CCOC(=O)[C@@H]1C[C@@H](c2cc3nc(C)n(C)c(=O)c3c(-c3ccc(Cl)cc3F)n2)CCO1. The van der Waals surface area contributed by atoms with Gasteiger partial charge in [0.2, 0.25) is 0 Å². The minimum absolute atomic E-state index is 0.136. The molecule has 168 valence electrons. The number of nitrogens with zero attached hydrogens (tertiary/aromatic N) is 3. The number of benzene rings is 1. The lowest BCUT2D eigenvalue weighted by Gasteiger charge is -2.28. The lowest BCUT2D eigenvalue weighted by atomic mass is 9.91. The zero-order chi connectivity index (χ0) is 23.0. The summed E-state index contributed by atoms with van der Waals surface area (Å²) in [7, 11) is 1.61. The van der Waals surface area contributed by atoms with Crippen LogP contribution in [0.5, 0.6) is 0 Å². The van der Waals surface area contributed by atoms with Crippen LogP contribution in [0.25, 0.3) is 22.2 Å². The van der Waals surface area contributed by atoms with Crippen molar-refractivity contribution in [1.82, 2.24) is 14.5 Å². The van der Waals surface area contributed by atoms with Crippen LogP contribution in [0.2, 0.25) is 5.02 Å². The number of rotatable bonds is 4. The maximum Gasteiger partial charge on any atom is 0.335 e. The van der Waals surface area contributed by atoms with Crippen LogP contribution in [-0.4, -0.2) is 39.8 Å². The van der Waals surface area contributed by atoms with Crippen molar-refractivity contribution in [3.63, 3.8) is 0 Å². The summed E-state index contributed by atoms with van der Waals surface area (Å²) in [6.45, 7) is 4.10. The highest BCUT2D eigenvalue weighted by Gasteiger charge is 2.31. The van der Waals surface area contributed by atoms with E-state index in [4.69, 9.17) is 26.1 Å².